The molecule has 3 aromatic heterocycles. The van der Waals surface area contributed by atoms with Crippen LogP contribution in [0.3, 0.4) is 0 Å². The van der Waals surface area contributed by atoms with Crippen molar-refractivity contribution in [1.82, 2.24) is 19.5 Å². The summed E-state index contributed by atoms with van der Waals surface area (Å²) in [5, 5.41) is 0.944. The minimum absolute atomic E-state index is 0.172. The van der Waals surface area contributed by atoms with Gasteiger partial charge in [-0.15, -0.1) is 0 Å². The number of carbonyl (C=O) groups is 1. The van der Waals surface area contributed by atoms with E-state index in [0.29, 0.717) is 6.73 Å². The molecule has 4 rings (SSSR count). The Bertz CT molecular complexity index is 1430. The number of esters is 1. The van der Waals surface area contributed by atoms with Crippen molar-refractivity contribution in [2.24, 2.45) is 0 Å². The number of hydrogen-bond acceptors (Lipinski definition) is 6. The highest BCUT2D eigenvalue weighted by Gasteiger charge is 2.19. The molecular weight excluding hydrogens is 492 g/mol. The summed E-state index contributed by atoms with van der Waals surface area (Å²) in [6.45, 7) is 15.8. The van der Waals surface area contributed by atoms with Gasteiger partial charge in [0.25, 0.3) is 0 Å². The number of aryl methyl sites for hydroxylation is 1. The SMILES string of the molecule is Cc1cccc(-c2ncn(COCC[Si](C)(C)C)c2-c2ccc3ncc(CC(=O)OC(C)(C)C)cc3c2)n1. The van der Waals surface area contributed by atoms with E-state index in [1.807, 2.05) is 68.9 Å². The summed E-state index contributed by atoms with van der Waals surface area (Å²) in [5.74, 6) is -0.267. The van der Waals surface area contributed by atoms with Crippen LogP contribution in [0.4, 0.5) is 0 Å². The van der Waals surface area contributed by atoms with Crippen molar-refractivity contribution < 1.29 is 14.3 Å². The van der Waals surface area contributed by atoms with Gasteiger partial charge in [-0.1, -0.05) is 31.8 Å². The first kappa shape index (κ1) is 27.7. The average Bonchev–Trinajstić information content (AvgIpc) is 3.23. The predicted molar refractivity (Wildman–Crippen MR) is 155 cm³/mol. The lowest BCUT2D eigenvalue weighted by atomic mass is 10.0. The van der Waals surface area contributed by atoms with Crippen molar-refractivity contribution in [2.75, 3.05) is 6.61 Å². The lowest BCUT2D eigenvalue weighted by Gasteiger charge is -2.19. The Hall–Kier alpha value is -3.36. The van der Waals surface area contributed by atoms with Crippen LogP contribution >= 0.6 is 0 Å². The molecular formula is C30H38N4O3Si. The Morgan fingerprint density at radius 3 is 2.55 bits per heavy atom. The predicted octanol–water partition coefficient (Wildman–Crippen LogP) is 6.67. The number of ether oxygens (including phenoxy) is 2. The number of carbonyl (C=O) groups excluding carboxylic acids is 1. The minimum Gasteiger partial charge on any atom is -0.460 e. The van der Waals surface area contributed by atoms with Crippen LogP contribution in [0.15, 0.2) is 55.0 Å². The van der Waals surface area contributed by atoms with Gasteiger partial charge in [0.1, 0.15) is 18.0 Å². The Labute approximate surface area is 226 Å². The zero-order chi connectivity index (χ0) is 27.5. The zero-order valence-corrected chi connectivity index (χ0v) is 24.5. The van der Waals surface area contributed by atoms with Crippen LogP contribution in [-0.4, -0.2) is 45.8 Å². The highest BCUT2D eigenvalue weighted by Crippen LogP contribution is 2.32. The van der Waals surface area contributed by atoms with Crippen LogP contribution in [0.1, 0.15) is 32.0 Å². The Morgan fingerprint density at radius 2 is 1.84 bits per heavy atom. The van der Waals surface area contributed by atoms with Gasteiger partial charge in [-0.2, -0.15) is 0 Å². The second kappa shape index (κ2) is 11.2. The summed E-state index contributed by atoms with van der Waals surface area (Å²) in [4.78, 5) is 26.5. The molecule has 0 saturated carbocycles. The first-order chi connectivity index (χ1) is 17.9. The minimum atomic E-state index is -1.19. The van der Waals surface area contributed by atoms with Gasteiger partial charge in [0.05, 0.1) is 29.7 Å². The maximum atomic E-state index is 12.4. The highest BCUT2D eigenvalue weighted by molar-refractivity contribution is 6.76. The number of nitrogens with zero attached hydrogens (tertiary/aromatic N) is 4. The van der Waals surface area contributed by atoms with Crippen molar-refractivity contribution in [3.63, 3.8) is 0 Å². The summed E-state index contributed by atoms with van der Waals surface area (Å²) in [6.07, 6.45) is 3.74. The third-order valence-corrected chi connectivity index (χ3v) is 7.68. The molecule has 3 heterocycles. The Balaban J connectivity index is 1.69. The van der Waals surface area contributed by atoms with Crippen molar-refractivity contribution in [3.8, 4) is 22.6 Å². The van der Waals surface area contributed by atoms with Gasteiger partial charge in [-0.25, -0.2) is 4.98 Å². The molecule has 0 spiro atoms. The molecule has 0 radical (unpaired) electrons. The highest BCUT2D eigenvalue weighted by atomic mass is 28.3. The number of imidazole rings is 1. The van der Waals surface area contributed by atoms with Crippen LogP contribution in [0.25, 0.3) is 33.5 Å². The van der Waals surface area contributed by atoms with Crippen molar-refractivity contribution >= 4 is 24.9 Å². The van der Waals surface area contributed by atoms with E-state index in [4.69, 9.17) is 19.4 Å². The van der Waals surface area contributed by atoms with Gasteiger partial charge in [-0.3, -0.25) is 14.8 Å². The first-order valence-electron chi connectivity index (χ1n) is 13.1. The molecule has 0 atom stereocenters. The lowest BCUT2D eigenvalue weighted by Crippen LogP contribution is -2.24. The summed E-state index contributed by atoms with van der Waals surface area (Å²) in [6, 6.07) is 15.2. The molecule has 0 aliphatic heterocycles. The monoisotopic (exact) mass is 530 g/mol. The Kier molecular flexibility index (Phi) is 8.13. The first-order valence-corrected chi connectivity index (χ1v) is 16.8. The third kappa shape index (κ3) is 7.36. The summed E-state index contributed by atoms with van der Waals surface area (Å²) >= 11 is 0. The van der Waals surface area contributed by atoms with Crippen LogP contribution in [0.2, 0.25) is 25.7 Å². The average molecular weight is 531 g/mol. The fourth-order valence-corrected chi connectivity index (χ4v) is 4.91. The molecule has 0 unspecified atom stereocenters. The maximum Gasteiger partial charge on any atom is 0.310 e. The Morgan fingerprint density at radius 1 is 1.05 bits per heavy atom. The van der Waals surface area contributed by atoms with Gasteiger partial charge in [-0.05, 0) is 69.6 Å². The molecule has 8 heteroatoms. The normalized spacial score (nSPS) is 12.2. The van der Waals surface area contributed by atoms with Crippen LogP contribution in [-0.2, 0) is 27.4 Å². The van der Waals surface area contributed by atoms with Gasteiger partial charge in [0.2, 0.25) is 0 Å². The van der Waals surface area contributed by atoms with Crippen molar-refractivity contribution in [1.29, 1.82) is 0 Å². The van der Waals surface area contributed by atoms with E-state index >= 15 is 0 Å². The molecule has 0 fully saturated rings. The van der Waals surface area contributed by atoms with E-state index in [1.165, 1.54) is 0 Å². The molecule has 0 bridgehead atoms. The number of benzene rings is 1. The van der Waals surface area contributed by atoms with E-state index in [-0.39, 0.29) is 12.4 Å². The largest absolute Gasteiger partial charge is 0.460 e. The van der Waals surface area contributed by atoms with Gasteiger partial charge in [0.15, 0.2) is 0 Å². The van der Waals surface area contributed by atoms with E-state index in [9.17, 15) is 4.79 Å². The molecule has 4 aromatic rings. The molecule has 200 valence electrons. The number of rotatable bonds is 9. The number of hydrogen-bond donors (Lipinski definition) is 0. The third-order valence-electron chi connectivity index (χ3n) is 5.98. The van der Waals surface area contributed by atoms with Gasteiger partial charge in [0, 0.05) is 37.5 Å². The molecule has 0 saturated heterocycles. The second-order valence-electron chi connectivity index (χ2n) is 11.9. The number of aromatic nitrogens is 4. The molecule has 0 aliphatic rings. The standard InChI is InChI=1S/C30H38N4O3Si/c1-21-9-8-10-26(33-21)28-29(34(19-32-28)20-36-13-14-38(5,6)7)23-11-12-25-24(17-23)15-22(18-31-25)16-27(35)37-30(2,3)4/h8-12,15,17-19H,13-14,16,20H2,1-7H3. The number of pyridine rings is 2. The van der Waals surface area contributed by atoms with E-state index in [2.05, 4.69) is 36.8 Å². The fourth-order valence-electron chi connectivity index (χ4n) is 4.15. The summed E-state index contributed by atoms with van der Waals surface area (Å²) in [5.41, 5.74) is 5.63. The van der Waals surface area contributed by atoms with Crippen LogP contribution in [0.5, 0.6) is 0 Å². The van der Waals surface area contributed by atoms with Crippen molar-refractivity contribution in [2.45, 2.75) is 72.1 Å². The van der Waals surface area contributed by atoms with E-state index in [1.54, 1.807) is 6.20 Å². The lowest BCUT2D eigenvalue weighted by molar-refractivity contribution is -0.153. The molecule has 38 heavy (non-hydrogen) atoms. The smallest absolute Gasteiger partial charge is 0.310 e. The second-order valence-corrected chi connectivity index (χ2v) is 17.6. The summed E-state index contributed by atoms with van der Waals surface area (Å²) < 4.78 is 13.6. The molecule has 0 N–H and O–H groups in total. The van der Waals surface area contributed by atoms with Gasteiger partial charge < -0.3 is 14.0 Å². The topological polar surface area (TPSA) is 79.1 Å². The van der Waals surface area contributed by atoms with E-state index < -0.39 is 13.7 Å². The number of fused-ring (bicyclic) bond motifs is 1. The zero-order valence-electron chi connectivity index (χ0n) is 23.5. The molecule has 0 aliphatic carbocycles. The van der Waals surface area contributed by atoms with E-state index in [0.717, 1.165) is 57.5 Å². The molecule has 0 amide bonds. The summed E-state index contributed by atoms with van der Waals surface area (Å²) in [7, 11) is -1.19. The quantitative estimate of drug-likeness (QED) is 0.137. The molecule has 7 nitrogen and oxygen atoms in total. The van der Waals surface area contributed by atoms with Crippen molar-refractivity contribution in [3.05, 3.63) is 66.2 Å². The van der Waals surface area contributed by atoms with Crippen LogP contribution < -0.4 is 0 Å². The molecule has 1 aromatic carbocycles. The maximum absolute atomic E-state index is 12.4. The fraction of sp³-hybridized carbons (Fsp3) is 0.400. The van der Waals surface area contributed by atoms with Crippen LogP contribution in [0, 0.1) is 6.92 Å². The van der Waals surface area contributed by atoms with Gasteiger partial charge >= 0.3 is 5.97 Å².